The molecule has 0 aliphatic heterocycles. The van der Waals surface area contributed by atoms with Gasteiger partial charge in [0.25, 0.3) is 0 Å². The van der Waals surface area contributed by atoms with Crippen LogP contribution in [0.4, 0.5) is 0 Å². The molecule has 0 radical (unpaired) electrons. The smallest absolute Gasteiger partial charge is 0.108 e. The number of hydrogen-bond acceptors (Lipinski definition) is 2. The molecule has 0 amide bonds. The summed E-state index contributed by atoms with van der Waals surface area (Å²) in [5.41, 5.74) is 1.27. The first-order chi connectivity index (χ1) is 9.19. The lowest BCUT2D eigenvalue weighted by molar-refractivity contribution is 0.217. The molecule has 4 heteroatoms. The second kappa shape index (κ2) is 6.87. The number of nitrogens with zero attached hydrogens (tertiary/aromatic N) is 2. The van der Waals surface area contributed by atoms with Crippen LogP contribution in [0.2, 0.25) is 0 Å². The fourth-order valence-electron chi connectivity index (χ4n) is 2.18. The molecule has 0 saturated carbocycles. The van der Waals surface area contributed by atoms with E-state index in [9.17, 15) is 5.11 Å². The summed E-state index contributed by atoms with van der Waals surface area (Å²) in [6.07, 6.45) is 6.55. The monoisotopic (exact) mass is 322 g/mol. The molecule has 0 spiro atoms. The van der Waals surface area contributed by atoms with E-state index < -0.39 is 0 Å². The number of aryl methyl sites for hydroxylation is 2. The third kappa shape index (κ3) is 4.18. The fourth-order valence-corrected chi connectivity index (χ4v) is 2.45. The largest absolute Gasteiger partial charge is 0.396 e. The van der Waals surface area contributed by atoms with Gasteiger partial charge in [-0.2, -0.15) is 0 Å². The first-order valence-electron chi connectivity index (χ1n) is 6.50. The predicted octanol–water partition coefficient (Wildman–Crippen LogP) is 2.97. The van der Waals surface area contributed by atoms with E-state index in [1.165, 1.54) is 5.56 Å². The number of halogens is 1. The molecule has 0 saturated heterocycles. The van der Waals surface area contributed by atoms with Crippen LogP contribution >= 0.6 is 15.9 Å². The van der Waals surface area contributed by atoms with Crippen molar-refractivity contribution in [2.75, 3.05) is 6.61 Å². The van der Waals surface area contributed by atoms with E-state index >= 15 is 0 Å². The molecule has 1 heterocycles. The maximum atomic E-state index is 9.50. The van der Waals surface area contributed by atoms with Crippen molar-refractivity contribution < 1.29 is 5.11 Å². The summed E-state index contributed by atoms with van der Waals surface area (Å²) in [4.78, 5) is 4.32. The Labute approximate surface area is 122 Å². The minimum atomic E-state index is 0.223. The van der Waals surface area contributed by atoms with Gasteiger partial charge in [-0.25, -0.2) is 4.98 Å². The van der Waals surface area contributed by atoms with Crippen LogP contribution < -0.4 is 0 Å². The first-order valence-corrected chi connectivity index (χ1v) is 7.30. The van der Waals surface area contributed by atoms with E-state index in [2.05, 4.69) is 33.0 Å². The summed E-state index contributed by atoms with van der Waals surface area (Å²) in [6.45, 7) is 0.223. The maximum absolute atomic E-state index is 9.50. The number of rotatable bonds is 6. The van der Waals surface area contributed by atoms with Gasteiger partial charge in [0, 0.05) is 36.9 Å². The molecule has 0 aliphatic carbocycles. The Hall–Kier alpha value is -1.13. The minimum Gasteiger partial charge on any atom is -0.396 e. The van der Waals surface area contributed by atoms with E-state index in [4.69, 9.17) is 0 Å². The zero-order valence-corrected chi connectivity index (χ0v) is 12.7. The first kappa shape index (κ1) is 14.3. The molecule has 1 atom stereocenters. The normalized spacial score (nSPS) is 12.6. The molecule has 1 N–H and O–H groups in total. The number of aliphatic hydroxyl groups is 1. The van der Waals surface area contributed by atoms with Crippen LogP contribution in [0.1, 0.15) is 17.8 Å². The van der Waals surface area contributed by atoms with E-state index in [1.807, 2.05) is 36.1 Å². The predicted molar refractivity (Wildman–Crippen MR) is 80.0 cm³/mol. The topological polar surface area (TPSA) is 38.0 Å². The van der Waals surface area contributed by atoms with Crippen LogP contribution in [0.3, 0.4) is 0 Å². The van der Waals surface area contributed by atoms with Gasteiger partial charge >= 0.3 is 0 Å². The molecule has 2 rings (SSSR count). The summed E-state index contributed by atoms with van der Waals surface area (Å²) in [5, 5.41) is 9.50. The molecule has 1 unspecified atom stereocenters. The van der Waals surface area contributed by atoms with Crippen LogP contribution in [-0.2, 0) is 19.9 Å². The Morgan fingerprint density at radius 2 is 2.05 bits per heavy atom. The quantitative estimate of drug-likeness (QED) is 0.887. The average molecular weight is 323 g/mol. The van der Waals surface area contributed by atoms with E-state index in [0.717, 1.165) is 29.6 Å². The molecule has 0 fully saturated rings. The van der Waals surface area contributed by atoms with Crippen molar-refractivity contribution in [3.05, 3.63) is 52.5 Å². The number of aliphatic hydroxyl groups excluding tert-OH is 1. The number of hydrogen-bond donors (Lipinski definition) is 1. The summed E-state index contributed by atoms with van der Waals surface area (Å²) >= 11 is 3.43. The molecule has 0 bridgehead atoms. The second-order valence-electron chi connectivity index (χ2n) is 4.87. The van der Waals surface area contributed by atoms with Crippen LogP contribution in [0.5, 0.6) is 0 Å². The molecule has 1 aromatic heterocycles. The van der Waals surface area contributed by atoms with Crippen molar-refractivity contribution in [3.8, 4) is 0 Å². The van der Waals surface area contributed by atoms with Gasteiger partial charge in [0.1, 0.15) is 5.82 Å². The molecule has 1 aromatic carbocycles. The highest BCUT2D eigenvalue weighted by molar-refractivity contribution is 9.10. The van der Waals surface area contributed by atoms with Gasteiger partial charge in [-0.15, -0.1) is 0 Å². The molecular formula is C15H19BrN2O. The minimum absolute atomic E-state index is 0.223. The Morgan fingerprint density at radius 3 is 2.63 bits per heavy atom. The van der Waals surface area contributed by atoms with Gasteiger partial charge in [0.15, 0.2) is 0 Å². The van der Waals surface area contributed by atoms with Crippen molar-refractivity contribution in [2.45, 2.75) is 19.3 Å². The Bertz CT molecular complexity index is 507. The highest BCUT2D eigenvalue weighted by atomic mass is 79.9. The zero-order chi connectivity index (χ0) is 13.7. The standard InChI is InChI=1S/C15H19BrN2O/c1-18-9-8-17-15(18)7-4-13(11-19)10-12-2-5-14(16)6-3-12/h2-3,5-6,8-9,13,19H,4,7,10-11H2,1H3. The van der Waals surface area contributed by atoms with Crippen molar-refractivity contribution >= 4 is 15.9 Å². The van der Waals surface area contributed by atoms with Gasteiger partial charge in [0.05, 0.1) is 0 Å². The summed E-state index contributed by atoms with van der Waals surface area (Å²) in [6, 6.07) is 8.30. The van der Waals surface area contributed by atoms with Crippen molar-refractivity contribution in [1.29, 1.82) is 0 Å². The van der Waals surface area contributed by atoms with Crippen LogP contribution in [0.25, 0.3) is 0 Å². The van der Waals surface area contributed by atoms with Crippen LogP contribution in [-0.4, -0.2) is 21.3 Å². The third-order valence-corrected chi connectivity index (χ3v) is 3.92. The van der Waals surface area contributed by atoms with Crippen molar-refractivity contribution in [3.63, 3.8) is 0 Å². The summed E-state index contributed by atoms with van der Waals surface area (Å²) < 4.78 is 3.12. The Kier molecular flexibility index (Phi) is 5.16. The lowest BCUT2D eigenvalue weighted by atomic mass is 9.95. The van der Waals surface area contributed by atoms with Gasteiger partial charge in [-0.05, 0) is 36.5 Å². The second-order valence-corrected chi connectivity index (χ2v) is 5.79. The van der Waals surface area contributed by atoms with Crippen LogP contribution in [0.15, 0.2) is 41.1 Å². The van der Waals surface area contributed by atoms with Crippen LogP contribution in [0, 0.1) is 5.92 Å². The lowest BCUT2D eigenvalue weighted by Gasteiger charge is -2.14. The van der Waals surface area contributed by atoms with Crippen molar-refractivity contribution in [1.82, 2.24) is 9.55 Å². The molecule has 3 nitrogen and oxygen atoms in total. The summed E-state index contributed by atoms with van der Waals surface area (Å²) in [5.74, 6) is 1.37. The average Bonchev–Trinajstić information content (AvgIpc) is 2.82. The SMILES string of the molecule is Cn1ccnc1CCC(CO)Cc1ccc(Br)cc1. The molecule has 102 valence electrons. The maximum Gasteiger partial charge on any atom is 0.108 e. The fraction of sp³-hybridized carbons (Fsp3) is 0.400. The molecular weight excluding hydrogens is 304 g/mol. The van der Waals surface area contributed by atoms with Crippen molar-refractivity contribution in [2.24, 2.45) is 13.0 Å². The van der Waals surface area contributed by atoms with Gasteiger partial charge < -0.3 is 9.67 Å². The van der Waals surface area contributed by atoms with Gasteiger partial charge in [-0.1, -0.05) is 28.1 Å². The number of aromatic nitrogens is 2. The highest BCUT2D eigenvalue weighted by Gasteiger charge is 2.10. The molecule has 0 aliphatic rings. The van der Waals surface area contributed by atoms with Gasteiger partial charge in [0.2, 0.25) is 0 Å². The van der Waals surface area contributed by atoms with E-state index in [0.29, 0.717) is 0 Å². The van der Waals surface area contributed by atoms with E-state index in [1.54, 1.807) is 0 Å². The van der Waals surface area contributed by atoms with E-state index in [-0.39, 0.29) is 12.5 Å². The Balaban J connectivity index is 1.90. The summed E-state index contributed by atoms with van der Waals surface area (Å²) in [7, 11) is 2.00. The third-order valence-electron chi connectivity index (χ3n) is 3.39. The van der Waals surface area contributed by atoms with Gasteiger partial charge in [-0.3, -0.25) is 0 Å². The Morgan fingerprint density at radius 1 is 1.32 bits per heavy atom. The number of benzene rings is 1. The molecule has 19 heavy (non-hydrogen) atoms. The zero-order valence-electron chi connectivity index (χ0n) is 11.1. The number of imidazole rings is 1. The lowest BCUT2D eigenvalue weighted by Crippen LogP contribution is -2.12. The highest BCUT2D eigenvalue weighted by Crippen LogP contribution is 2.17. The molecule has 2 aromatic rings.